The van der Waals surface area contributed by atoms with Gasteiger partial charge in [-0.15, -0.1) is 0 Å². The van der Waals surface area contributed by atoms with E-state index in [-0.39, 0.29) is 0 Å². The van der Waals surface area contributed by atoms with Crippen LogP contribution in [0.25, 0.3) is 11.8 Å². The monoisotopic (exact) mass is 223 g/mol. The van der Waals surface area contributed by atoms with Crippen molar-refractivity contribution >= 4 is 11.8 Å². The number of nitrogens with one attached hydrogen (secondary N) is 1. The first-order valence-corrected chi connectivity index (χ1v) is 6.36. The molecule has 0 fully saturated rings. The van der Waals surface area contributed by atoms with Crippen molar-refractivity contribution in [1.82, 2.24) is 5.32 Å². The first-order chi connectivity index (χ1) is 8.43. The molecule has 1 nitrogen and oxygen atoms in total. The number of fused-ring (bicyclic) bond motifs is 1. The number of hydrogen-bond acceptors (Lipinski definition) is 1. The Morgan fingerprint density at radius 3 is 2.76 bits per heavy atom. The van der Waals surface area contributed by atoms with Crippen LogP contribution in [0.4, 0.5) is 0 Å². The van der Waals surface area contributed by atoms with Crippen molar-refractivity contribution in [3.8, 4) is 0 Å². The minimum Gasteiger partial charge on any atom is -0.359 e. The Labute approximate surface area is 102 Å². The van der Waals surface area contributed by atoms with Gasteiger partial charge < -0.3 is 5.32 Å². The van der Waals surface area contributed by atoms with Crippen LogP contribution in [0.3, 0.4) is 0 Å². The van der Waals surface area contributed by atoms with E-state index in [1.807, 2.05) is 0 Å². The van der Waals surface area contributed by atoms with Crippen molar-refractivity contribution in [1.29, 1.82) is 0 Å². The van der Waals surface area contributed by atoms with E-state index in [2.05, 4.69) is 53.9 Å². The zero-order chi connectivity index (χ0) is 11.5. The van der Waals surface area contributed by atoms with Gasteiger partial charge in [0.2, 0.25) is 0 Å². The van der Waals surface area contributed by atoms with Gasteiger partial charge in [0, 0.05) is 16.6 Å². The van der Waals surface area contributed by atoms with Crippen LogP contribution in [0.5, 0.6) is 0 Å². The quantitative estimate of drug-likeness (QED) is 0.810. The third-order valence-electron chi connectivity index (χ3n) is 3.33. The van der Waals surface area contributed by atoms with Gasteiger partial charge in [-0.05, 0) is 37.0 Å². The van der Waals surface area contributed by atoms with E-state index in [9.17, 15) is 0 Å². The molecule has 0 aromatic heterocycles. The molecule has 86 valence electrons. The standard InChI is InChI=1S/C16H17N/c1-2-9-14(10-3-1)17-16-12-6-8-13-7-4-5-11-15(13)16/h2,4-5,7-11,17H,1,3,6,12H2. The maximum Gasteiger partial charge on any atom is 0.0338 e. The molecule has 2 aliphatic carbocycles. The first kappa shape index (κ1) is 10.4. The van der Waals surface area contributed by atoms with Gasteiger partial charge in [-0.25, -0.2) is 0 Å². The van der Waals surface area contributed by atoms with Crippen LogP contribution in [0.15, 0.2) is 48.2 Å². The lowest BCUT2D eigenvalue weighted by molar-refractivity contribution is 0.926. The van der Waals surface area contributed by atoms with Gasteiger partial charge in [0.05, 0.1) is 0 Å². The second kappa shape index (κ2) is 4.62. The topological polar surface area (TPSA) is 12.0 Å². The second-order valence-corrected chi connectivity index (χ2v) is 4.57. The summed E-state index contributed by atoms with van der Waals surface area (Å²) < 4.78 is 0. The summed E-state index contributed by atoms with van der Waals surface area (Å²) in [7, 11) is 0. The second-order valence-electron chi connectivity index (χ2n) is 4.57. The number of benzene rings is 1. The summed E-state index contributed by atoms with van der Waals surface area (Å²) >= 11 is 0. The summed E-state index contributed by atoms with van der Waals surface area (Å²) in [5, 5.41) is 6.31. The van der Waals surface area contributed by atoms with Gasteiger partial charge in [0.15, 0.2) is 0 Å². The molecule has 3 rings (SSSR count). The van der Waals surface area contributed by atoms with E-state index in [0.717, 1.165) is 19.3 Å². The van der Waals surface area contributed by atoms with Crippen molar-refractivity contribution in [2.45, 2.75) is 25.7 Å². The van der Waals surface area contributed by atoms with Crippen LogP contribution in [0, 0.1) is 0 Å². The lowest BCUT2D eigenvalue weighted by Crippen LogP contribution is -2.33. The summed E-state index contributed by atoms with van der Waals surface area (Å²) in [4.78, 5) is 0. The van der Waals surface area contributed by atoms with Crippen molar-refractivity contribution in [3.05, 3.63) is 58.6 Å². The highest BCUT2D eigenvalue weighted by Crippen LogP contribution is 2.12. The van der Waals surface area contributed by atoms with Gasteiger partial charge in [-0.2, -0.15) is 0 Å². The third-order valence-corrected chi connectivity index (χ3v) is 3.33. The van der Waals surface area contributed by atoms with Crippen LogP contribution in [0.1, 0.15) is 25.7 Å². The molecule has 0 heterocycles. The fraction of sp³-hybridized carbons (Fsp3) is 0.250. The van der Waals surface area contributed by atoms with E-state index in [1.54, 1.807) is 0 Å². The Balaban J connectivity index is 2.01. The number of rotatable bonds is 2. The molecule has 1 aromatic carbocycles. The van der Waals surface area contributed by atoms with Gasteiger partial charge in [0.1, 0.15) is 0 Å². The minimum absolute atomic E-state index is 1.11. The van der Waals surface area contributed by atoms with Crippen molar-refractivity contribution in [2.24, 2.45) is 0 Å². The Bertz CT molecular complexity index is 590. The molecule has 0 atom stereocenters. The normalized spacial score (nSPS) is 18.1. The molecule has 0 radical (unpaired) electrons. The Morgan fingerprint density at radius 1 is 0.941 bits per heavy atom. The van der Waals surface area contributed by atoms with Gasteiger partial charge in [-0.3, -0.25) is 0 Å². The fourth-order valence-corrected chi connectivity index (χ4v) is 2.47. The smallest absolute Gasteiger partial charge is 0.0338 e. The molecule has 0 aliphatic heterocycles. The Hall–Kier alpha value is -1.76. The third kappa shape index (κ3) is 2.19. The van der Waals surface area contributed by atoms with E-state index >= 15 is 0 Å². The molecule has 0 saturated heterocycles. The molecule has 1 aromatic rings. The van der Waals surface area contributed by atoms with Crippen molar-refractivity contribution in [2.75, 3.05) is 0 Å². The van der Waals surface area contributed by atoms with Gasteiger partial charge in [0.25, 0.3) is 0 Å². The molecular weight excluding hydrogens is 206 g/mol. The average Bonchev–Trinajstić information content (AvgIpc) is 2.40. The largest absolute Gasteiger partial charge is 0.359 e. The lowest BCUT2D eigenvalue weighted by Gasteiger charge is -2.16. The van der Waals surface area contributed by atoms with E-state index in [4.69, 9.17) is 0 Å². The van der Waals surface area contributed by atoms with Crippen molar-refractivity contribution < 1.29 is 0 Å². The molecule has 17 heavy (non-hydrogen) atoms. The molecule has 0 amide bonds. The zero-order valence-electron chi connectivity index (χ0n) is 9.95. The summed E-state index contributed by atoms with van der Waals surface area (Å²) in [5.41, 5.74) is 2.61. The molecule has 0 unspecified atom stereocenters. The van der Waals surface area contributed by atoms with Crippen LogP contribution in [-0.2, 0) is 0 Å². The number of hydrogen-bond donors (Lipinski definition) is 1. The van der Waals surface area contributed by atoms with E-state index in [0.29, 0.717) is 0 Å². The summed E-state index contributed by atoms with van der Waals surface area (Å²) in [6, 6.07) is 8.63. The highest BCUT2D eigenvalue weighted by molar-refractivity contribution is 5.52. The Kier molecular flexibility index (Phi) is 2.83. The van der Waals surface area contributed by atoms with Gasteiger partial charge >= 0.3 is 0 Å². The van der Waals surface area contributed by atoms with E-state index in [1.165, 1.54) is 28.3 Å². The minimum atomic E-state index is 1.11. The Morgan fingerprint density at radius 2 is 1.88 bits per heavy atom. The summed E-state index contributed by atoms with van der Waals surface area (Å²) in [6.07, 6.45) is 13.6. The molecule has 1 N–H and O–H groups in total. The van der Waals surface area contributed by atoms with Crippen LogP contribution >= 0.6 is 0 Å². The molecule has 2 aliphatic rings. The predicted molar refractivity (Wildman–Crippen MR) is 72.4 cm³/mol. The van der Waals surface area contributed by atoms with Crippen LogP contribution in [0.2, 0.25) is 0 Å². The highest BCUT2D eigenvalue weighted by atomic mass is 14.9. The fourth-order valence-electron chi connectivity index (χ4n) is 2.47. The number of allylic oxidation sites excluding steroid dienone is 3. The average molecular weight is 223 g/mol. The van der Waals surface area contributed by atoms with Crippen LogP contribution in [-0.4, -0.2) is 0 Å². The summed E-state index contributed by atoms with van der Waals surface area (Å²) in [5.74, 6) is 0. The zero-order valence-corrected chi connectivity index (χ0v) is 9.95. The maximum absolute atomic E-state index is 3.58. The molecule has 0 spiro atoms. The van der Waals surface area contributed by atoms with Crippen LogP contribution < -0.4 is 15.8 Å². The highest BCUT2D eigenvalue weighted by Gasteiger charge is 2.05. The molecule has 1 heteroatoms. The maximum atomic E-state index is 3.58. The first-order valence-electron chi connectivity index (χ1n) is 6.36. The van der Waals surface area contributed by atoms with Gasteiger partial charge in [-0.1, -0.05) is 42.5 Å². The molecule has 0 saturated carbocycles. The molecular formula is C16H17N. The summed E-state index contributed by atoms with van der Waals surface area (Å²) in [6.45, 7) is 0. The lowest BCUT2D eigenvalue weighted by atomic mass is 10.0. The molecule has 0 bridgehead atoms. The van der Waals surface area contributed by atoms with Crippen molar-refractivity contribution in [3.63, 3.8) is 0 Å². The predicted octanol–water partition coefficient (Wildman–Crippen LogP) is 2.19. The SMILES string of the molecule is C1=CC(NC2=c3ccccc3=CCC2)=CCC1. The van der Waals surface area contributed by atoms with E-state index < -0.39 is 0 Å².